The van der Waals surface area contributed by atoms with Crippen molar-refractivity contribution in [1.82, 2.24) is 14.8 Å². The van der Waals surface area contributed by atoms with Crippen molar-refractivity contribution >= 4 is 29.0 Å². The van der Waals surface area contributed by atoms with Crippen LogP contribution in [0.15, 0.2) is 53.7 Å². The largest absolute Gasteiger partial charge is 0.497 e. The molecule has 170 valence electrons. The van der Waals surface area contributed by atoms with Gasteiger partial charge in [-0.05, 0) is 49.4 Å². The van der Waals surface area contributed by atoms with Crippen LogP contribution in [0.3, 0.4) is 0 Å². The van der Waals surface area contributed by atoms with Crippen LogP contribution in [-0.2, 0) is 24.1 Å². The number of alkyl halides is 3. The number of halogens is 3. The van der Waals surface area contributed by atoms with Gasteiger partial charge in [-0.3, -0.25) is 4.79 Å². The van der Waals surface area contributed by atoms with Crippen LogP contribution < -0.4 is 15.4 Å². The van der Waals surface area contributed by atoms with Gasteiger partial charge in [0.1, 0.15) is 5.75 Å². The number of nitrogens with zero attached hydrogens (tertiary/aromatic N) is 3. The highest BCUT2D eigenvalue weighted by molar-refractivity contribution is 7.99. The fraction of sp³-hybridized carbons (Fsp3) is 0.286. The topological polar surface area (TPSA) is 81.1 Å². The molecule has 0 radical (unpaired) electrons. The van der Waals surface area contributed by atoms with Gasteiger partial charge in [-0.15, -0.1) is 10.2 Å². The van der Waals surface area contributed by atoms with Crippen LogP contribution >= 0.6 is 11.8 Å². The van der Waals surface area contributed by atoms with Gasteiger partial charge in [-0.1, -0.05) is 17.8 Å². The van der Waals surface area contributed by atoms with E-state index in [0.717, 1.165) is 12.1 Å². The van der Waals surface area contributed by atoms with Gasteiger partial charge >= 0.3 is 6.18 Å². The first-order valence-corrected chi connectivity index (χ1v) is 10.7. The number of benzene rings is 2. The number of amides is 1. The number of methoxy groups -OCH3 is 1. The second kappa shape index (κ2) is 10.4. The zero-order chi connectivity index (χ0) is 23.1. The third kappa shape index (κ3) is 6.16. The molecule has 3 rings (SSSR count). The molecule has 0 spiro atoms. The zero-order valence-corrected chi connectivity index (χ0v) is 18.3. The summed E-state index contributed by atoms with van der Waals surface area (Å²) in [5.74, 6) is 1.18. The van der Waals surface area contributed by atoms with Gasteiger partial charge in [-0.25, -0.2) is 0 Å². The molecular weight excluding hydrogens is 443 g/mol. The van der Waals surface area contributed by atoms with Crippen molar-refractivity contribution < 1.29 is 22.7 Å². The van der Waals surface area contributed by atoms with Gasteiger partial charge in [0.15, 0.2) is 11.0 Å². The molecule has 2 N–H and O–H groups in total. The van der Waals surface area contributed by atoms with E-state index in [1.54, 1.807) is 37.4 Å². The number of aromatic nitrogens is 3. The molecule has 0 atom stereocenters. The molecule has 0 saturated carbocycles. The number of ether oxygens (including phenoxy) is 1. The van der Waals surface area contributed by atoms with Gasteiger partial charge in [0.05, 0.1) is 25.0 Å². The third-order valence-corrected chi connectivity index (χ3v) is 5.42. The lowest BCUT2D eigenvalue weighted by Crippen LogP contribution is -2.15. The van der Waals surface area contributed by atoms with E-state index >= 15 is 0 Å². The molecule has 1 aromatic heterocycles. The number of hydrogen-bond acceptors (Lipinski definition) is 6. The molecule has 0 saturated heterocycles. The predicted molar refractivity (Wildman–Crippen MR) is 117 cm³/mol. The minimum Gasteiger partial charge on any atom is -0.497 e. The van der Waals surface area contributed by atoms with Crippen LogP contribution in [0.1, 0.15) is 18.3 Å². The van der Waals surface area contributed by atoms with E-state index in [9.17, 15) is 18.0 Å². The van der Waals surface area contributed by atoms with Crippen molar-refractivity contribution in [2.45, 2.75) is 31.3 Å². The summed E-state index contributed by atoms with van der Waals surface area (Å²) >= 11 is 1.23. The standard InChI is InChI=1S/C21H22F3N5O2S/c1-3-29-18(12-25-16-6-4-5-14(11-16)21(22,23)24)27-28-20(29)32-13-19(30)26-15-7-9-17(31-2)10-8-15/h4-11,25H,3,12-13H2,1-2H3,(H,26,30). The molecule has 0 fully saturated rings. The van der Waals surface area contributed by atoms with E-state index in [-0.39, 0.29) is 18.2 Å². The molecule has 0 aliphatic heterocycles. The minimum atomic E-state index is -4.41. The zero-order valence-electron chi connectivity index (χ0n) is 17.4. The van der Waals surface area contributed by atoms with Gasteiger partial charge < -0.3 is 19.9 Å². The van der Waals surface area contributed by atoms with Crippen molar-refractivity contribution in [3.05, 3.63) is 59.9 Å². The normalized spacial score (nSPS) is 11.3. The highest BCUT2D eigenvalue weighted by Gasteiger charge is 2.30. The van der Waals surface area contributed by atoms with E-state index in [4.69, 9.17) is 4.74 Å². The average Bonchev–Trinajstić information content (AvgIpc) is 3.18. The van der Waals surface area contributed by atoms with Crippen molar-refractivity contribution in [3.63, 3.8) is 0 Å². The second-order valence-electron chi connectivity index (χ2n) is 6.64. The fourth-order valence-electron chi connectivity index (χ4n) is 2.86. The minimum absolute atomic E-state index is 0.130. The number of hydrogen-bond donors (Lipinski definition) is 2. The smallest absolute Gasteiger partial charge is 0.416 e. The summed E-state index contributed by atoms with van der Waals surface area (Å²) in [7, 11) is 1.57. The molecule has 7 nitrogen and oxygen atoms in total. The highest BCUT2D eigenvalue weighted by atomic mass is 32.2. The van der Waals surface area contributed by atoms with Crippen LogP contribution in [0.2, 0.25) is 0 Å². The summed E-state index contributed by atoms with van der Waals surface area (Å²) in [5, 5.41) is 14.5. The van der Waals surface area contributed by atoms with E-state index < -0.39 is 11.7 Å². The Hall–Kier alpha value is -3.21. The van der Waals surface area contributed by atoms with Crippen molar-refractivity contribution in [2.75, 3.05) is 23.5 Å². The van der Waals surface area contributed by atoms with Crippen molar-refractivity contribution in [1.29, 1.82) is 0 Å². The average molecular weight is 466 g/mol. The second-order valence-corrected chi connectivity index (χ2v) is 7.58. The molecule has 32 heavy (non-hydrogen) atoms. The molecule has 1 amide bonds. The lowest BCUT2D eigenvalue weighted by atomic mass is 10.2. The monoisotopic (exact) mass is 465 g/mol. The number of anilines is 2. The highest BCUT2D eigenvalue weighted by Crippen LogP contribution is 2.30. The molecule has 3 aromatic rings. The summed E-state index contributed by atoms with van der Waals surface area (Å²) in [6, 6.07) is 12.0. The molecule has 11 heteroatoms. The van der Waals surface area contributed by atoms with Crippen LogP contribution in [-0.4, -0.2) is 33.5 Å². The first-order chi connectivity index (χ1) is 15.3. The molecule has 0 unspecified atom stereocenters. The first kappa shape index (κ1) is 23.5. The maximum Gasteiger partial charge on any atom is 0.416 e. The van der Waals surface area contributed by atoms with Gasteiger partial charge in [0.2, 0.25) is 5.91 Å². The van der Waals surface area contributed by atoms with Crippen molar-refractivity contribution in [2.24, 2.45) is 0 Å². The number of rotatable bonds is 9. The van der Waals surface area contributed by atoms with Gasteiger partial charge in [0, 0.05) is 17.9 Å². The number of thioether (sulfide) groups is 1. The Kier molecular flexibility index (Phi) is 7.62. The maximum absolute atomic E-state index is 12.9. The van der Waals surface area contributed by atoms with Crippen LogP contribution in [0.4, 0.5) is 24.5 Å². The maximum atomic E-state index is 12.9. The number of nitrogens with one attached hydrogen (secondary N) is 2. The summed E-state index contributed by atoms with van der Waals surface area (Å²) in [5.41, 5.74) is 0.261. The predicted octanol–water partition coefficient (Wildman–Crippen LogP) is 4.67. The van der Waals surface area contributed by atoms with Crippen LogP contribution in [0, 0.1) is 0 Å². The Morgan fingerprint density at radius 2 is 1.88 bits per heavy atom. The Balaban J connectivity index is 1.58. The Bertz CT molecular complexity index is 1050. The van der Waals surface area contributed by atoms with Crippen LogP contribution in [0.25, 0.3) is 0 Å². The summed E-state index contributed by atoms with van der Waals surface area (Å²) in [6.45, 7) is 2.65. The van der Waals surface area contributed by atoms with Gasteiger partial charge in [0.25, 0.3) is 0 Å². The molecule has 1 heterocycles. The Morgan fingerprint density at radius 1 is 1.12 bits per heavy atom. The Labute approximate surface area is 187 Å². The van der Waals surface area contributed by atoms with E-state index in [1.165, 1.54) is 17.8 Å². The van der Waals surface area contributed by atoms with E-state index in [0.29, 0.717) is 34.6 Å². The summed E-state index contributed by atoms with van der Waals surface area (Å²) in [6.07, 6.45) is -4.41. The lowest BCUT2D eigenvalue weighted by Gasteiger charge is -2.11. The molecule has 2 aromatic carbocycles. The summed E-state index contributed by atoms with van der Waals surface area (Å²) in [4.78, 5) is 12.2. The number of carbonyl (C=O) groups excluding carboxylic acids is 1. The van der Waals surface area contributed by atoms with E-state index in [1.807, 2.05) is 11.5 Å². The molecule has 0 aliphatic rings. The molecule has 0 bridgehead atoms. The van der Waals surface area contributed by atoms with Crippen LogP contribution in [0.5, 0.6) is 5.75 Å². The van der Waals surface area contributed by atoms with E-state index in [2.05, 4.69) is 20.8 Å². The quantitative estimate of drug-likeness (QED) is 0.447. The summed E-state index contributed by atoms with van der Waals surface area (Å²) < 4.78 is 45.5. The number of carbonyl (C=O) groups is 1. The third-order valence-electron chi connectivity index (χ3n) is 4.46. The molecule has 0 aliphatic carbocycles. The van der Waals surface area contributed by atoms with Gasteiger partial charge in [-0.2, -0.15) is 13.2 Å². The molecular formula is C21H22F3N5O2S. The Morgan fingerprint density at radius 3 is 2.53 bits per heavy atom. The lowest BCUT2D eigenvalue weighted by molar-refractivity contribution is -0.137. The van der Waals surface area contributed by atoms with Crippen molar-refractivity contribution in [3.8, 4) is 5.75 Å². The SMILES string of the molecule is CCn1c(CNc2cccc(C(F)(F)F)c2)nnc1SCC(=O)Nc1ccc(OC)cc1. The fourth-order valence-corrected chi connectivity index (χ4v) is 3.68. The first-order valence-electron chi connectivity index (χ1n) is 9.70.